The average Bonchev–Trinajstić information content (AvgIpc) is 2.51. The van der Waals surface area contributed by atoms with Crippen molar-refractivity contribution in [1.29, 1.82) is 0 Å². The zero-order chi connectivity index (χ0) is 15.4. The number of carbonyl (C=O) groups is 1. The maximum atomic E-state index is 12.1. The van der Waals surface area contributed by atoms with Crippen molar-refractivity contribution < 1.29 is 19.4 Å². The summed E-state index contributed by atoms with van der Waals surface area (Å²) in [5.41, 5.74) is 8.74. The van der Waals surface area contributed by atoms with Gasteiger partial charge < -0.3 is 25.2 Å². The van der Waals surface area contributed by atoms with E-state index in [1.807, 2.05) is 0 Å². The molecule has 0 aromatic heterocycles. The molecule has 1 heterocycles. The molecule has 0 amide bonds. The number of hydrogen-bond acceptors (Lipinski definition) is 6. The summed E-state index contributed by atoms with van der Waals surface area (Å²) in [4.78, 5) is 14.2. The van der Waals surface area contributed by atoms with Gasteiger partial charge in [0.1, 0.15) is 6.61 Å². The van der Waals surface area contributed by atoms with E-state index in [1.165, 1.54) is 0 Å². The molecule has 1 aromatic rings. The summed E-state index contributed by atoms with van der Waals surface area (Å²) < 4.78 is 11.0. The summed E-state index contributed by atoms with van der Waals surface area (Å²) in [6.07, 6.45) is 0. The van der Waals surface area contributed by atoms with E-state index in [-0.39, 0.29) is 13.2 Å². The van der Waals surface area contributed by atoms with Gasteiger partial charge in [0, 0.05) is 17.6 Å². The van der Waals surface area contributed by atoms with E-state index in [2.05, 4.69) is 20.8 Å². The molecule has 7 heteroatoms. The maximum Gasteiger partial charge on any atom is 0.338 e. The molecule has 1 saturated heterocycles. The minimum atomic E-state index is -0.461. The number of benzene rings is 1. The molecule has 0 atom stereocenters. The molecule has 2 rings (SSSR count). The van der Waals surface area contributed by atoms with Crippen LogP contribution in [-0.4, -0.2) is 50.6 Å². The van der Waals surface area contributed by atoms with Crippen LogP contribution >= 0.6 is 15.9 Å². The van der Waals surface area contributed by atoms with E-state index < -0.39 is 5.97 Å². The lowest BCUT2D eigenvalue weighted by molar-refractivity contribution is 0.0433. The molecule has 0 radical (unpaired) electrons. The molecule has 1 aliphatic rings. The van der Waals surface area contributed by atoms with Crippen molar-refractivity contribution in [1.82, 2.24) is 0 Å². The van der Waals surface area contributed by atoms with E-state index in [0.29, 0.717) is 28.9 Å². The Balaban J connectivity index is 2.37. The topological polar surface area (TPSA) is 85.0 Å². The summed E-state index contributed by atoms with van der Waals surface area (Å²) in [6, 6.07) is 1.75. The summed E-state index contributed by atoms with van der Waals surface area (Å²) in [5.74, 6) is -0.461. The number of hydrogen-bond donors (Lipinski definition) is 2. The monoisotopic (exact) mass is 358 g/mol. The normalized spacial score (nSPS) is 15.1. The fourth-order valence-corrected chi connectivity index (χ4v) is 2.67. The first-order valence-corrected chi connectivity index (χ1v) is 7.54. The first-order chi connectivity index (χ1) is 10.1. The number of rotatable bonds is 4. The third kappa shape index (κ3) is 3.48. The fourth-order valence-electron chi connectivity index (χ4n) is 2.25. The maximum absolute atomic E-state index is 12.1. The minimum Gasteiger partial charge on any atom is -0.460 e. The second-order valence-electron chi connectivity index (χ2n) is 4.75. The number of aliphatic hydroxyl groups excluding tert-OH is 1. The molecule has 0 saturated carbocycles. The van der Waals surface area contributed by atoms with Crippen LogP contribution in [-0.2, 0) is 9.47 Å². The standard InChI is InChI=1S/C14H19BrN2O4/c1-9-10(14(19)21-7-4-18)8-11(13(16)12(9)15)17-2-5-20-6-3-17/h8,18H,2-7,16H2,1H3. The van der Waals surface area contributed by atoms with Crippen LogP contribution < -0.4 is 10.6 Å². The number of morpholine rings is 1. The van der Waals surface area contributed by atoms with Crippen molar-refractivity contribution in [2.75, 3.05) is 50.2 Å². The quantitative estimate of drug-likeness (QED) is 0.623. The zero-order valence-electron chi connectivity index (χ0n) is 11.9. The molecular weight excluding hydrogens is 340 g/mol. The van der Waals surface area contributed by atoms with Crippen LogP contribution in [0.4, 0.5) is 11.4 Å². The first-order valence-electron chi connectivity index (χ1n) is 6.75. The summed E-state index contributed by atoms with van der Waals surface area (Å²) in [5, 5.41) is 8.76. The van der Waals surface area contributed by atoms with Gasteiger partial charge in [-0.2, -0.15) is 0 Å². The smallest absolute Gasteiger partial charge is 0.338 e. The molecule has 0 unspecified atom stereocenters. The molecule has 1 aliphatic heterocycles. The van der Waals surface area contributed by atoms with Crippen LogP contribution in [0.2, 0.25) is 0 Å². The van der Waals surface area contributed by atoms with E-state index >= 15 is 0 Å². The first kappa shape index (κ1) is 16.1. The number of aliphatic hydroxyl groups is 1. The molecule has 3 N–H and O–H groups in total. The highest BCUT2D eigenvalue weighted by Crippen LogP contribution is 2.36. The van der Waals surface area contributed by atoms with Gasteiger partial charge in [0.15, 0.2) is 0 Å². The van der Waals surface area contributed by atoms with Crippen LogP contribution in [0.25, 0.3) is 0 Å². The van der Waals surface area contributed by atoms with Gasteiger partial charge in [0.05, 0.1) is 36.8 Å². The van der Waals surface area contributed by atoms with Gasteiger partial charge >= 0.3 is 5.97 Å². The van der Waals surface area contributed by atoms with Gasteiger partial charge in [-0.15, -0.1) is 0 Å². The Labute approximate surface area is 131 Å². The molecule has 1 aromatic carbocycles. The van der Waals surface area contributed by atoms with E-state index in [0.717, 1.165) is 24.3 Å². The number of nitrogens with zero attached hydrogens (tertiary/aromatic N) is 1. The number of carbonyl (C=O) groups excluding carboxylic acids is 1. The predicted octanol–water partition coefficient (Wildman–Crippen LogP) is 1.33. The lowest BCUT2D eigenvalue weighted by Crippen LogP contribution is -2.37. The Morgan fingerprint density at radius 2 is 2.19 bits per heavy atom. The Kier molecular flexibility index (Phi) is 5.44. The van der Waals surface area contributed by atoms with Crippen molar-refractivity contribution in [3.63, 3.8) is 0 Å². The largest absolute Gasteiger partial charge is 0.460 e. The molecule has 0 bridgehead atoms. The number of anilines is 2. The van der Waals surface area contributed by atoms with Gasteiger partial charge in [0.2, 0.25) is 0 Å². The van der Waals surface area contributed by atoms with Gasteiger partial charge in [-0.05, 0) is 34.5 Å². The Morgan fingerprint density at radius 3 is 2.81 bits per heavy atom. The highest BCUT2D eigenvalue weighted by Gasteiger charge is 2.22. The van der Waals surface area contributed by atoms with Crippen molar-refractivity contribution in [2.45, 2.75) is 6.92 Å². The zero-order valence-corrected chi connectivity index (χ0v) is 13.5. The molecule has 21 heavy (non-hydrogen) atoms. The Hall–Kier alpha value is -1.31. The van der Waals surface area contributed by atoms with Crippen LogP contribution in [0.3, 0.4) is 0 Å². The number of ether oxygens (including phenoxy) is 2. The second-order valence-corrected chi connectivity index (χ2v) is 5.55. The van der Waals surface area contributed by atoms with E-state index in [4.69, 9.17) is 20.3 Å². The minimum absolute atomic E-state index is 0.0207. The van der Waals surface area contributed by atoms with E-state index in [1.54, 1.807) is 13.0 Å². The van der Waals surface area contributed by atoms with Crippen molar-refractivity contribution in [3.8, 4) is 0 Å². The molecule has 1 fully saturated rings. The average molecular weight is 359 g/mol. The van der Waals surface area contributed by atoms with Gasteiger partial charge in [0.25, 0.3) is 0 Å². The van der Waals surface area contributed by atoms with Gasteiger partial charge in [-0.3, -0.25) is 0 Å². The van der Waals surface area contributed by atoms with Crippen molar-refractivity contribution >= 4 is 33.3 Å². The number of nitrogen functional groups attached to an aromatic ring is 1. The number of esters is 1. The van der Waals surface area contributed by atoms with Crippen LogP contribution in [0, 0.1) is 6.92 Å². The van der Waals surface area contributed by atoms with Crippen LogP contribution in [0.15, 0.2) is 10.5 Å². The van der Waals surface area contributed by atoms with Crippen molar-refractivity contribution in [2.24, 2.45) is 0 Å². The van der Waals surface area contributed by atoms with Crippen molar-refractivity contribution in [3.05, 3.63) is 21.7 Å². The molecular formula is C14H19BrN2O4. The second kappa shape index (κ2) is 7.11. The Morgan fingerprint density at radius 1 is 1.52 bits per heavy atom. The molecule has 116 valence electrons. The molecule has 0 aliphatic carbocycles. The third-order valence-electron chi connectivity index (χ3n) is 3.42. The highest BCUT2D eigenvalue weighted by molar-refractivity contribution is 9.10. The summed E-state index contributed by atoms with van der Waals surface area (Å²) >= 11 is 3.44. The Bertz CT molecular complexity index is 530. The fraction of sp³-hybridized carbons (Fsp3) is 0.500. The SMILES string of the molecule is Cc1c(C(=O)OCCO)cc(N2CCOCC2)c(N)c1Br. The predicted molar refractivity (Wildman–Crippen MR) is 83.7 cm³/mol. The van der Waals surface area contributed by atoms with Crippen LogP contribution in [0.5, 0.6) is 0 Å². The lowest BCUT2D eigenvalue weighted by atomic mass is 10.1. The summed E-state index contributed by atoms with van der Waals surface area (Å²) in [7, 11) is 0. The lowest BCUT2D eigenvalue weighted by Gasteiger charge is -2.31. The van der Waals surface area contributed by atoms with E-state index in [9.17, 15) is 4.79 Å². The molecule has 0 spiro atoms. The number of nitrogens with two attached hydrogens (primary N) is 1. The highest BCUT2D eigenvalue weighted by atomic mass is 79.9. The van der Waals surface area contributed by atoms with Gasteiger partial charge in [-0.1, -0.05) is 0 Å². The summed E-state index contributed by atoms with van der Waals surface area (Å²) in [6.45, 7) is 4.31. The molecule has 6 nitrogen and oxygen atoms in total. The third-order valence-corrected chi connectivity index (χ3v) is 4.44. The number of halogens is 1. The van der Waals surface area contributed by atoms with Crippen LogP contribution in [0.1, 0.15) is 15.9 Å². The van der Waals surface area contributed by atoms with Gasteiger partial charge in [-0.25, -0.2) is 4.79 Å².